The van der Waals surface area contributed by atoms with Crippen molar-refractivity contribution in [3.05, 3.63) is 0 Å². The first-order valence-corrected chi connectivity index (χ1v) is 7.42. The molecule has 7 nitrogen and oxygen atoms in total. The molecule has 2 unspecified atom stereocenters. The minimum Gasteiger partial charge on any atom is -0.481 e. The van der Waals surface area contributed by atoms with Crippen LogP contribution < -0.4 is 10.6 Å². The molecule has 0 bridgehead atoms. The quantitative estimate of drug-likeness (QED) is 0.697. The highest BCUT2D eigenvalue weighted by atomic mass is 16.4. The van der Waals surface area contributed by atoms with Crippen LogP contribution in [0.1, 0.15) is 40.0 Å². The Bertz CT molecular complexity index is 413. The molecule has 1 aliphatic heterocycles. The Morgan fingerprint density at radius 3 is 2.52 bits per heavy atom. The Balaban J connectivity index is 2.69. The van der Waals surface area contributed by atoms with Gasteiger partial charge in [-0.15, -0.1) is 0 Å². The number of amides is 3. The van der Waals surface area contributed by atoms with Crippen LogP contribution in [0.2, 0.25) is 0 Å². The summed E-state index contributed by atoms with van der Waals surface area (Å²) in [7, 11) is 0. The van der Waals surface area contributed by atoms with E-state index in [1.807, 2.05) is 11.8 Å². The molecule has 0 aromatic carbocycles. The van der Waals surface area contributed by atoms with Gasteiger partial charge in [0.05, 0.1) is 11.5 Å². The highest BCUT2D eigenvalue weighted by molar-refractivity contribution is 5.96. The van der Waals surface area contributed by atoms with E-state index in [-0.39, 0.29) is 0 Å². The lowest BCUT2D eigenvalue weighted by Gasteiger charge is -2.41. The van der Waals surface area contributed by atoms with Crippen molar-refractivity contribution in [2.45, 2.75) is 46.1 Å². The van der Waals surface area contributed by atoms with Gasteiger partial charge in [-0.05, 0) is 39.7 Å². The Labute approximate surface area is 125 Å². The third-order valence-electron chi connectivity index (χ3n) is 4.24. The van der Waals surface area contributed by atoms with Crippen LogP contribution in [0.5, 0.6) is 0 Å². The first kappa shape index (κ1) is 17.4. The van der Waals surface area contributed by atoms with Crippen molar-refractivity contribution >= 4 is 17.9 Å². The number of rotatable bonds is 5. The topological polar surface area (TPSA) is 98.7 Å². The molecule has 1 aliphatic rings. The van der Waals surface area contributed by atoms with E-state index in [0.717, 1.165) is 6.42 Å². The molecule has 21 heavy (non-hydrogen) atoms. The number of nitrogens with one attached hydrogen (secondary N) is 2. The van der Waals surface area contributed by atoms with Gasteiger partial charge in [0.25, 0.3) is 0 Å². The summed E-state index contributed by atoms with van der Waals surface area (Å²) in [5, 5.41) is 14.2. The Morgan fingerprint density at radius 1 is 1.33 bits per heavy atom. The van der Waals surface area contributed by atoms with Crippen LogP contribution in [0.3, 0.4) is 0 Å². The minimum atomic E-state index is -0.814. The zero-order valence-electron chi connectivity index (χ0n) is 12.9. The van der Waals surface area contributed by atoms with Crippen molar-refractivity contribution in [2.75, 3.05) is 19.6 Å². The number of hydrogen-bond donors (Lipinski definition) is 3. The second kappa shape index (κ2) is 7.40. The van der Waals surface area contributed by atoms with Crippen LogP contribution in [0.15, 0.2) is 0 Å². The predicted molar refractivity (Wildman–Crippen MR) is 77.8 cm³/mol. The number of likely N-dealkylation sites (tertiary alicyclic amines) is 1. The molecule has 0 aromatic heterocycles. The van der Waals surface area contributed by atoms with Gasteiger partial charge in [-0.2, -0.15) is 0 Å². The number of nitrogens with zero attached hydrogens (tertiary/aromatic N) is 1. The molecule has 1 saturated heterocycles. The molecule has 1 fully saturated rings. The van der Waals surface area contributed by atoms with Crippen LogP contribution >= 0.6 is 0 Å². The van der Waals surface area contributed by atoms with Gasteiger partial charge < -0.3 is 10.4 Å². The molecule has 0 spiro atoms. The number of urea groups is 1. The van der Waals surface area contributed by atoms with Gasteiger partial charge in [-0.1, -0.05) is 6.92 Å². The third-order valence-corrected chi connectivity index (χ3v) is 4.24. The smallest absolute Gasteiger partial charge is 0.321 e. The first-order valence-electron chi connectivity index (χ1n) is 7.42. The maximum atomic E-state index is 12.0. The fourth-order valence-corrected chi connectivity index (χ4v) is 2.70. The van der Waals surface area contributed by atoms with Crippen LogP contribution in [0.25, 0.3) is 0 Å². The van der Waals surface area contributed by atoms with Gasteiger partial charge in [0.2, 0.25) is 5.91 Å². The molecule has 0 aromatic rings. The number of carbonyl (C=O) groups excluding carboxylic acids is 2. The SMILES string of the molecule is CCNC(=O)NC(=O)C(C)N1CCCC(CC)(C(=O)O)C1. The largest absolute Gasteiger partial charge is 0.481 e. The standard InChI is InChI=1S/C14H25N3O4/c1-4-14(12(19)20)7-6-8-17(9-14)10(3)11(18)16-13(21)15-5-2/h10H,4-9H2,1-3H3,(H,19,20)(H2,15,16,18,21). The fourth-order valence-electron chi connectivity index (χ4n) is 2.70. The van der Waals surface area contributed by atoms with E-state index < -0.39 is 29.4 Å². The van der Waals surface area contributed by atoms with Gasteiger partial charge >= 0.3 is 12.0 Å². The number of carbonyl (C=O) groups is 3. The predicted octanol–water partition coefficient (Wildman–Crippen LogP) is 0.797. The molecule has 120 valence electrons. The number of carboxylic acid groups (broad SMARTS) is 1. The van der Waals surface area contributed by atoms with Gasteiger partial charge in [0.1, 0.15) is 0 Å². The summed E-state index contributed by atoms with van der Waals surface area (Å²) < 4.78 is 0. The molecule has 1 heterocycles. The zero-order chi connectivity index (χ0) is 16.0. The van der Waals surface area contributed by atoms with Crippen molar-refractivity contribution in [1.29, 1.82) is 0 Å². The van der Waals surface area contributed by atoms with Crippen molar-refractivity contribution < 1.29 is 19.5 Å². The Kier molecular flexibility index (Phi) is 6.14. The monoisotopic (exact) mass is 299 g/mol. The number of carboxylic acids is 1. The maximum Gasteiger partial charge on any atom is 0.321 e. The van der Waals surface area contributed by atoms with Crippen LogP contribution in [0, 0.1) is 5.41 Å². The van der Waals surface area contributed by atoms with Crippen molar-refractivity contribution in [3.63, 3.8) is 0 Å². The lowest BCUT2D eigenvalue weighted by atomic mass is 9.77. The van der Waals surface area contributed by atoms with Crippen LogP contribution in [-0.4, -0.2) is 53.6 Å². The molecular formula is C14H25N3O4. The third kappa shape index (κ3) is 4.17. The van der Waals surface area contributed by atoms with Crippen LogP contribution in [-0.2, 0) is 9.59 Å². The fraction of sp³-hybridized carbons (Fsp3) is 0.786. The molecule has 3 N–H and O–H groups in total. The van der Waals surface area contributed by atoms with E-state index in [4.69, 9.17) is 0 Å². The van der Waals surface area contributed by atoms with Crippen molar-refractivity contribution in [3.8, 4) is 0 Å². The molecule has 0 saturated carbocycles. The lowest BCUT2D eigenvalue weighted by molar-refractivity contribution is -0.154. The lowest BCUT2D eigenvalue weighted by Crippen LogP contribution is -2.55. The van der Waals surface area contributed by atoms with E-state index in [0.29, 0.717) is 32.5 Å². The van der Waals surface area contributed by atoms with Crippen LogP contribution in [0.4, 0.5) is 4.79 Å². The average molecular weight is 299 g/mol. The average Bonchev–Trinajstić information content (AvgIpc) is 2.46. The second-order valence-corrected chi connectivity index (χ2v) is 5.54. The first-order chi connectivity index (χ1) is 9.86. The Hall–Kier alpha value is -1.63. The maximum absolute atomic E-state index is 12.0. The molecule has 0 radical (unpaired) electrons. The van der Waals surface area contributed by atoms with Gasteiger partial charge in [0.15, 0.2) is 0 Å². The highest BCUT2D eigenvalue weighted by Gasteiger charge is 2.42. The molecule has 2 atom stereocenters. The molecule has 7 heteroatoms. The van der Waals surface area contributed by atoms with E-state index in [1.165, 1.54) is 0 Å². The van der Waals surface area contributed by atoms with E-state index in [1.54, 1.807) is 13.8 Å². The summed E-state index contributed by atoms with van der Waals surface area (Å²) in [6.07, 6.45) is 1.89. The van der Waals surface area contributed by atoms with Crippen molar-refractivity contribution in [1.82, 2.24) is 15.5 Å². The summed E-state index contributed by atoms with van der Waals surface area (Å²) in [4.78, 5) is 36.8. The Morgan fingerprint density at radius 2 is 2.00 bits per heavy atom. The summed E-state index contributed by atoms with van der Waals surface area (Å²) >= 11 is 0. The number of hydrogen-bond acceptors (Lipinski definition) is 4. The summed E-state index contributed by atoms with van der Waals surface area (Å²) in [5.74, 6) is -1.22. The number of aliphatic carboxylic acids is 1. The van der Waals surface area contributed by atoms with E-state index in [2.05, 4.69) is 10.6 Å². The normalized spacial score (nSPS) is 24.1. The molecular weight excluding hydrogens is 274 g/mol. The van der Waals surface area contributed by atoms with E-state index >= 15 is 0 Å². The summed E-state index contributed by atoms with van der Waals surface area (Å²) in [5.41, 5.74) is -0.793. The highest BCUT2D eigenvalue weighted by Crippen LogP contribution is 2.34. The van der Waals surface area contributed by atoms with Gasteiger partial charge in [0, 0.05) is 13.1 Å². The second-order valence-electron chi connectivity index (χ2n) is 5.54. The van der Waals surface area contributed by atoms with Crippen molar-refractivity contribution in [2.24, 2.45) is 5.41 Å². The summed E-state index contributed by atoms with van der Waals surface area (Å²) in [6.45, 7) is 6.76. The molecule has 0 aliphatic carbocycles. The zero-order valence-corrected chi connectivity index (χ0v) is 12.9. The number of imide groups is 1. The summed E-state index contributed by atoms with van der Waals surface area (Å²) in [6, 6.07) is -1.05. The minimum absolute atomic E-state index is 0.336. The molecule has 3 amide bonds. The van der Waals surface area contributed by atoms with Gasteiger partial charge in [-0.25, -0.2) is 4.79 Å². The van der Waals surface area contributed by atoms with E-state index in [9.17, 15) is 19.5 Å². The molecule has 1 rings (SSSR count). The van der Waals surface area contributed by atoms with Gasteiger partial charge in [-0.3, -0.25) is 19.8 Å². The number of piperidine rings is 1.